The summed E-state index contributed by atoms with van der Waals surface area (Å²) in [5, 5.41) is 12.7. The fraction of sp³-hybridized carbons (Fsp3) is 0.533. The van der Waals surface area contributed by atoms with Gasteiger partial charge in [-0.1, -0.05) is 51.1 Å². The first kappa shape index (κ1) is 14.7. The van der Waals surface area contributed by atoms with Crippen LogP contribution in [0.3, 0.4) is 0 Å². The molecular weight excluding hydrogens is 226 g/mol. The van der Waals surface area contributed by atoms with Gasteiger partial charge in [-0.05, 0) is 24.4 Å². The number of carboxylic acid groups (broad SMARTS) is 1. The molecule has 3 nitrogen and oxygen atoms in total. The molecular formula is C15H23NO2. The van der Waals surface area contributed by atoms with E-state index in [0.29, 0.717) is 0 Å². The number of carbonyl (C=O) groups is 1. The molecule has 0 radical (unpaired) electrons. The van der Waals surface area contributed by atoms with Crippen molar-refractivity contribution < 1.29 is 9.90 Å². The second-order valence-electron chi connectivity index (χ2n) is 4.99. The number of nitrogens with one attached hydrogen (secondary N) is 1. The molecule has 2 N–H and O–H groups in total. The topological polar surface area (TPSA) is 49.3 Å². The van der Waals surface area contributed by atoms with Crippen LogP contribution in [0.1, 0.15) is 39.2 Å². The molecule has 0 saturated carbocycles. The van der Waals surface area contributed by atoms with E-state index in [4.69, 9.17) is 0 Å². The van der Waals surface area contributed by atoms with Crippen molar-refractivity contribution >= 4 is 5.97 Å². The lowest BCUT2D eigenvalue weighted by molar-refractivity contribution is -0.139. The largest absolute Gasteiger partial charge is 0.481 e. The summed E-state index contributed by atoms with van der Waals surface area (Å²) in [6, 6.07) is 9.89. The summed E-state index contributed by atoms with van der Waals surface area (Å²) in [5.41, 5.74) is 0.569. The van der Waals surface area contributed by atoms with E-state index in [1.807, 2.05) is 30.3 Å². The fourth-order valence-corrected chi connectivity index (χ4v) is 2.33. The number of carboxylic acids is 1. The molecule has 0 aliphatic carbocycles. The minimum Gasteiger partial charge on any atom is -0.481 e. The lowest BCUT2D eigenvalue weighted by Gasteiger charge is -2.38. The Balaban J connectivity index is 3.15. The molecule has 1 aromatic rings. The van der Waals surface area contributed by atoms with Crippen molar-refractivity contribution in [3.8, 4) is 0 Å². The van der Waals surface area contributed by atoms with Crippen LogP contribution in [0.2, 0.25) is 0 Å². The standard InChI is InChI=1S/C15H23NO2/c1-4-10-16-15(12(2)3,11-14(17)18)13-8-6-5-7-9-13/h5-9,12,16H,4,10-11H2,1-3H3,(H,17,18). The summed E-state index contributed by atoms with van der Waals surface area (Å²) in [6.07, 6.45) is 1.09. The predicted octanol–water partition coefficient (Wildman–Crippen LogP) is 3.01. The minimum absolute atomic E-state index is 0.106. The van der Waals surface area contributed by atoms with Gasteiger partial charge in [0.2, 0.25) is 0 Å². The second-order valence-corrected chi connectivity index (χ2v) is 4.99. The lowest BCUT2D eigenvalue weighted by Crippen LogP contribution is -2.48. The minimum atomic E-state index is -0.767. The van der Waals surface area contributed by atoms with Crippen molar-refractivity contribution in [1.29, 1.82) is 0 Å². The molecule has 0 fully saturated rings. The third-order valence-electron chi connectivity index (χ3n) is 3.40. The summed E-state index contributed by atoms with van der Waals surface area (Å²) >= 11 is 0. The molecule has 1 rings (SSSR count). The molecule has 1 unspecified atom stereocenters. The van der Waals surface area contributed by atoms with E-state index in [1.54, 1.807) is 0 Å². The zero-order chi connectivity index (χ0) is 13.6. The number of aliphatic carboxylic acids is 1. The van der Waals surface area contributed by atoms with Gasteiger partial charge >= 0.3 is 5.97 Å². The molecule has 100 valence electrons. The maximum absolute atomic E-state index is 11.2. The van der Waals surface area contributed by atoms with Crippen LogP contribution >= 0.6 is 0 Å². The van der Waals surface area contributed by atoms with Crippen LogP contribution in [0.25, 0.3) is 0 Å². The van der Waals surface area contributed by atoms with Crippen molar-refractivity contribution in [2.45, 2.75) is 39.2 Å². The van der Waals surface area contributed by atoms with Gasteiger partial charge in [0.25, 0.3) is 0 Å². The molecule has 0 spiro atoms. The number of benzene rings is 1. The van der Waals surface area contributed by atoms with Gasteiger partial charge in [0, 0.05) is 0 Å². The van der Waals surface area contributed by atoms with E-state index < -0.39 is 11.5 Å². The van der Waals surface area contributed by atoms with Crippen molar-refractivity contribution in [3.05, 3.63) is 35.9 Å². The molecule has 1 atom stereocenters. The van der Waals surface area contributed by atoms with E-state index in [0.717, 1.165) is 18.5 Å². The van der Waals surface area contributed by atoms with Crippen LogP contribution < -0.4 is 5.32 Å². The third kappa shape index (κ3) is 3.33. The van der Waals surface area contributed by atoms with Crippen LogP contribution in [-0.4, -0.2) is 17.6 Å². The Kier molecular flexibility index (Phi) is 5.35. The van der Waals surface area contributed by atoms with Gasteiger partial charge in [0.05, 0.1) is 12.0 Å². The normalized spacial score (nSPS) is 14.4. The van der Waals surface area contributed by atoms with E-state index in [2.05, 4.69) is 26.1 Å². The SMILES string of the molecule is CCCNC(CC(=O)O)(c1ccccc1)C(C)C. The zero-order valence-corrected chi connectivity index (χ0v) is 11.4. The first-order valence-electron chi connectivity index (χ1n) is 6.55. The highest BCUT2D eigenvalue weighted by Gasteiger charge is 2.37. The first-order valence-corrected chi connectivity index (χ1v) is 6.55. The highest BCUT2D eigenvalue weighted by Crippen LogP contribution is 2.33. The fourth-order valence-electron chi connectivity index (χ4n) is 2.33. The second kappa shape index (κ2) is 6.55. The quantitative estimate of drug-likeness (QED) is 0.781. The zero-order valence-electron chi connectivity index (χ0n) is 11.4. The molecule has 3 heteroatoms. The molecule has 0 heterocycles. The van der Waals surface area contributed by atoms with Gasteiger partial charge in [0.1, 0.15) is 0 Å². The van der Waals surface area contributed by atoms with Gasteiger partial charge in [0.15, 0.2) is 0 Å². The Morgan fingerprint density at radius 2 is 1.94 bits per heavy atom. The Morgan fingerprint density at radius 1 is 1.33 bits per heavy atom. The summed E-state index contributed by atoms with van der Waals surface area (Å²) in [6.45, 7) is 7.04. The van der Waals surface area contributed by atoms with Gasteiger partial charge in [-0.15, -0.1) is 0 Å². The lowest BCUT2D eigenvalue weighted by atomic mass is 9.77. The summed E-state index contributed by atoms with van der Waals surface area (Å²) in [5.74, 6) is -0.557. The maximum atomic E-state index is 11.2. The van der Waals surface area contributed by atoms with Crippen LogP contribution in [0.5, 0.6) is 0 Å². The number of hydrogen-bond acceptors (Lipinski definition) is 2. The first-order chi connectivity index (χ1) is 8.53. The highest BCUT2D eigenvalue weighted by molar-refractivity contribution is 5.69. The molecule has 0 aliphatic rings. The molecule has 0 aromatic heterocycles. The van der Waals surface area contributed by atoms with Gasteiger partial charge in [-0.25, -0.2) is 0 Å². The van der Waals surface area contributed by atoms with Gasteiger partial charge < -0.3 is 10.4 Å². The molecule has 0 aliphatic heterocycles. The maximum Gasteiger partial charge on any atom is 0.305 e. The highest BCUT2D eigenvalue weighted by atomic mass is 16.4. The Bertz CT molecular complexity index is 375. The van der Waals surface area contributed by atoms with Crippen LogP contribution in [-0.2, 0) is 10.3 Å². The van der Waals surface area contributed by atoms with Crippen molar-refractivity contribution in [3.63, 3.8) is 0 Å². The van der Waals surface area contributed by atoms with E-state index in [9.17, 15) is 9.90 Å². The summed E-state index contributed by atoms with van der Waals surface area (Å²) in [7, 11) is 0. The molecule has 0 amide bonds. The van der Waals surface area contributed by atoms with Crippen LogP contribution in [0.15, 0.2) is 30.3 Å². The van der Waals surface area contributed by atoms with Crippen LogP contribution in [0.4, 0.5) is 0 Å². The Labute approximate surface area is 109 Å². The van der Waals surface area contributed by atoms with Gasteiger partial charge in [-0.3, -0.25) is 4.79 Å². The summed E-state index contributed by atoms with van der Waals surface area (Å²) < 4.78 is 0. The Morgan fingerprint density at radius 3 is 2.39 bits per heavy atom. The smallest absolute Gasteiger partial charge is 0.305 e. The number of hydrogen-bond donors (Lipinski definition) is 2. The Hall–Kier alpha value is -1.35. The molecule has 0 bridgehead atoms. The average molecular weight is 249 g/mol. The van der Waals surface area contributed by atoms with Crippen molar-refractivity contribution in [2.75, 3.05) is 6.54 Å². The molecule has 0 saturated heterocycles. The number of rotatable bonds is 7. The average Bonchev–Trinajstić information content (AvgIpc) is 2.34. The van der Waals surface area contributed by atoms with Crippen molar-refractivity contribution in [1.82, 2.24) is 5.32 Å². The molecule has 1 aromatic carbocycles. The van der Waals surface area contributed by atoms with Crippen molar-refractivity contribution in [2.24, 2.45) is 5.92 Å². The monoisotopic (exact) mass is 249 g/mol. The van der Waals surface area contributed by atoms with E-state index >= 15 is 0 Å². The van der Waals surface area contributed by atoms with Crippen LogP contribution in [0, 0.1) is 5.92 Å². The van der Waals surface area contributed by atoms with E-state index in [1.165, 1.54) is 0 Å². The van der Waals surface area contributed by atoms with E-state index in [-0.39, 0.29) is 12.3 Å². The third-order valence-corrected chi connectivity index (χ3v) is 3.40. The summed E-state index contributed by atoms with van der Waals surface area (Å²) in [4.78, 5) is 11.2. The molecule has 18 heavy (non-hydrogen) atoms. The van der Waals surface area contributed by atoms with Gasteiger partial charge in [-0.2, -0.15) is 0 Å². The predicted molar refractivity (Wildman–Crippen MR) is 73.5 cm³/mol.